The summed E-state index contributed by atoms with van der Waals surface area (Å²) < 4.78 is 10.2. The Labute approximate surface area is 237 Å². The third kappa shape index (κ3) is 4.22. The van der Waals surface area contributed by atoms with Crippen molar-refractivity contribution in [3.05, 3.63) is 83.9 Å². The van der Waals surface area contributed by atoms with Crippen molar-refractivity contribution in [3.8, 4) is 22.9 Å². The normalized spacial score (nSPS) is 13.4. The molecule has 0 aliphatic heterocycles. The number of aromatic hydroxyl groups is 1. The number of nitrogens with zero attached hydrogens (tertiary/aromatic N) is 4. The van der Waals surface area contributed by atoms with Crippen LogP contribution in [0.25, 0.3) is 31.7 Å². The van der Waals surface area contributed by atoms with Crippen molar-refractivity contribution in [2.75, 3.05) is 7.11 Å². The zero-order valence-electron chi connectivity index (χ0n) is 22.2. The summed E-state index contributed by atoms with van der Waals surface area (Å²) in [5.41, 5.74) is 1.30. The molecule has 3 aromatic heterocycles. The van der Waals surface area contributed by atoms with Crippen LogP contribution in [0.4, 0.5) is 0 Å². The quantitative estimate of drug-likeness (QED) is 0.295. The first-order chi connectivity index (χ1) is 19.2. The molecule has 1 N–H and O–H groups in total. The molecule has 0 unspecified atom stereocenters. The molecule has 0 atom stereocenters. The van der Waals surface area contributed by atoms with Crippen molar-refractivity contribution in [1.82, 2.24) is 18.7 Å². The van der Waals surface area contributed by atoms with Gasteiger partial charge in [0.2, 0.25) is 0 Å². The van der Waals surface area contributed by atoms with E-state index in [1.165, 1.54) is 26.7 Å². The molecule has 1 aliphatic rings. The average Bonchev–Trinajstić information content (AvgIpc) is 3.73. The number of phenolic OH excluding ortho intramolecular Hbond substituents is 1. The number of hydrogen-bond acceptors (Lipinski definition) is 7. The highest BCUT2D eigenvalue weighted by Crippen LogP contribution is 2.46. The van der Waals surface area contributed by atoms with E-state index >= 15 is 0 Å². The Hall–Kier alpha value is -3.89. The third-order valence-electron chi connectivity index (χ3n) is 7.49. The van der Waals surface area contributed by atoms with Gasteiger partial charge in [-0.15, -0.1) is 11.3 Å². The van der Waals surface area contributed by atoms with Crippen LogP contribution in [0.15, 0.2) is 50.9 Å². The van der Waals surface area contributed by atoms with Gasteiger partial charge in [0.25, 0.3) is 11.1 Å². The molecule has 0 saturated heterocycles. The maximum absolute atomic E-state index is 14.2. The Bertz CT molecular complexity index is 2000. The number of aromatic nitrogens is 4. The predicted octanol–water partition coefficient (Wildman–Crippen LogP) is 4.88. The zero-order chi connectivity index (χ0) is 28.3. The third-order valence-corrected chi connectivity index (χ3v) is 8.90. The number of halogens is 1. The van der Waals surface area contributed by atoms with Gasteiger partial charge in [0.05, 0.1) is 22.2 Å². The number of fused-ring (bicyclic) bond motifs is 3. The molecule has 206 valence electrons. The SMILES string of the molecule is CCn1c(=O)c(C)cn(CCn2c(-c3ccc(OC)cc3C3CC3)nc3sc4c(O)c(Cl)ccc4c3c2=O)c1=O. The maximum atomic E-state index is 14.2. The fourth-order valence-corrected chi connectivity index (χ4v) is 6.57. The van der Waals surface area contributed by atoms with E-state index in [9.17, 15) is 19.5 Å². The van der Waals surface area contributed by atoms with Crippen LogP contribution in [0.2, 0.25) is 5.02 Å². The van der Waals surface area contributed by atoms with Crippen molar-refractivity contribution in [1.29, 1.82) is 0 Å². The molecule has 0 amide bonds. The van der Waals surface area contributed by atoms with Gasteiger partial charge in [-0.2, -0.15) is 0 Å². The second-order valence-corrected chi connectivity index (χ2v) is 11.4. The molecule has 0 radical (unpaired) electrons. The van der Waals surface area contributed by atoms with Crippen LogP contribution in [0.1, 0.15) is 36.8 Å². The topological polar surface area (TPSA) is 108 Å². The molecule has 1 aliphatic carbocycles. The van der Waals surface area contributed by atoms with Gasteiger partial charge in [-0.1, -0.05) is 17.7 Å². The van der Waals surface area contributed by atoms with Gasteiger partial charge in [0.15, 0.2) is 5.75 Å². The molecule has 9 nitrogen and oxygen atoms in total. The monoisotopic (exact) mass is 578 g/mol. The fraction of sp³-hybridized carbons (Fsp3) is 0.310. The van der Waals surface area contributed by atoms with Crippen molar-refractivity contribution in [2.24, 2.45) is 0 Å². The molecule has 0 bridgehead atoms. The molecule has 40 heavy (non-hydrogen) atoms. The van der Waals surface area contributed by atoms with E-state index in [0.717, 1.165) is 29.7 Å². The van der Waals surface area contributed by atoms with Crippen molar-refractivity contribution in [3.63, 3.8) is 0 Å². The van der Waals surface area contributed by atoms with Crippen LogP contribution in [0, 0.1) is 6.92 Å². The standard InChI is InChI=1S/C29H27ClN4O5S/c1-4-33-27(36)15(2)14-32(29(33)38)11-12-34-25(18-8-7-17(39-3)13-20(18)16-5-6-16)31-26-22(28(34)37)19-9-10-21(30)23(35)24(19)40-26/h7-10,13-14,16,35H,4-6,11-12H2,1-3H3. The van der Waals surface area contributed by atoms with Crippen LogP contribution in [0.5, 0.6) is 11.5 Å². The van der Waals surface area contributed by atoms with Crippen LogP contribution in [-0.4, -0.2) is 30.9 Å². The summed E-state index contributed by atoms with van der Waals surface area (Å²) in [7, 11) is 1.62. The van der Waals surface area contributed by atoms with Crippen LogP contribution in [0.3, 0.4) is 0 Å². The highest BCUT2D eigenvalue weighted by Gasteiger charge is 2.29. The lowest BCUT2D eigenvalue weighted by atomic mass is 10.0. The number of phenols is 1. The number of benzene rings is 2. The summed E-state index contributed by atoms with van der Waals surface area (Å²) in [5, 5.41) is 11.8. The summed E-state index contributed by atoms with van der Waals surface area (Å²) in [4.78, 5) is 45.2. The second kappa shape index (κ2) is 9.94. The number of hydrogen-bond donors (Lipinski definition) is 1. The number of aryl methyl sites for hydroxylation is 2. The van der Waals surface area contributed by atoms with E-state index in [4.69, 9.17) is 21.3 Å². The summed E-state index contributed by atoms with van der Waals surface area (Å²) in [6, 6.07) is 9.05. The lowest BCUT2D eigenvalue weighted by molar-refractivity contribution is 0.414. The summed E-state index contributed by atoms with van der Waals surface area (Å²) in [5.74, 6) is 1.47. The Balaban J connectivity index is 1.59. The molecule has 5 aromatic rings. The predicted molar refractivity (Wildman–Crippen MR) is 157 cm³/mol. The Morgan fingerprint density at radius 2 is 1.88 bits per heavy atom. The van der Waals surface area contributed by atoms with Crippen LogP contribution >= 0.6 is 22.9 Å². The highest BCUT2D eigenvalue weighted by molar-refractivity contribution is 7.25. The largest absolute Gasteiger partial charge is 0.505 e. The Morgan fingerprint density at radius 1 is 1.10 bits per heavy atom. The molecule has 1 fully saturated rings. The first-order valence-electron chi connectivity index (χ1n) is 13.1. The van der Waals surface area contributed by atoms with Crippen molar-refractivity contribution < 1.29 is 9.84 Å². The van der Waals surface area contributed by atoms with E-state index in [2.05, 4.69) is 0 Å². The fourth-order valence-electron chi connectivity index (χ4n) is 5.25. The zero-order valence-corrected chi connectivity index (χ0v) is 23.8. The van der Waals surface area contributed by atoms with Gasteiger partial charge in [-0.3, -0.25) is 23.3 Å². The van der Waals surface area contributed by atoms with E-state index in [1.807, 2.05) is 18.2 Å². The Kier molecular flexibility index (Phi) is 6.54. The summed E-state index contributed by atoms with van der Waals surface area (Å²) >= 11 is 7.39. The highest BCUT2D eigenvalue weighted by atomic mass is 35.5. The van der Waals surface area contributed by atoms with E-state index in [-0.39, 0.29) is 41.5 Å². The van der Waals surface area contributed by atoms with Gasteiger partial charge < -0.3 is 9.84 Å². The van der Waals surface area contributed by atoms with Gasteiger partial charge in [0.1, 0.15) is 16.4 Å². The first-order valence-corrected chi connectivity index (χ1v) is 14.3. The molecule has 6 rings (SSSR count). The van der Waals surface area contributed by atoms with Crippen LogP contribution in [-0.2, 0) is 19.6 Å². The van der Waals surface area contributed by atoms with E-state index in [0.29, 0.717) is 37.6 Å². The maximum Gasteiger partial charge on any atom is 0.331 e. The number of methoxy groups -OCH3 is 1. The minimum atomic E-state index is -0.426. The molecule has 11 heteroatoms. The smallest absolute Gasteiger partial charge is 0.331 e. The van der Waals surface area contributed by atoms with Crippen molar-refractivity contribution >= 4 is 43.2 Å². The molecule has 0 spiro atoms. The molecule has 2 aromatic carbocycles. The number of ether oxygens (including phenoxy) is 1. The second-order valence-electron chi connectivity index (χ2n) is 10.0. The summed E-state index contributed by atoms with van der Waals surface area (Å²) in [6.45, 7) is 3.98. The minimum absolute atomic E-state index is 0.0818. The first kappa shape index (κ1) is 26.3. The van der Waals surface area contributed by atoms with Gasteiger partial charge in [-0.25, -0.2) is 9.78 Å². The molecule has 1 saturated carbocycles. The van der Waals surface area contributed by atoms with Crippen LogP contribution < -0.4 is 21.5 Å². The lowest BCUT2D eigenvalue weighted by Crippen LogP contribution is -2.41. The average molecular weight is 579 g/mol. The molecule has 3 heterocycles. The Morgan fingerprint density at radius 3 is 2.58 bits per heavy atom. The molecular formula is C29H27ClN4O5S. The van der Waals surface area contributed by atoms with Gasteiger partial charge >= 0.3 is 5.69 Å². The van der Waals surface area contributed by atoms with Gasteiger partial charge in [0, 0.05) is 42.3 Å². The van der Waals surface area contributed by atoms with E-state index in [1.54, 1.807) is 37.7 Å². The van der Waals surface area contributed by atoms with Gasteiger partial charge in [-0.05, 0) is 62.4 Å². The van der Waals surface area contributed by atoms with E-state index < -0.39 is 5.69 Å². The molecular weight excluding hydrogens is 552 g/mol. The van der Waals surface area contributed by atoms with Crippen molar-refractivity contribution in [2.45, 2.75) is 52.2 Å². The minimum Gasteiger partial charge on any atom is -0.505 e. The summed E-state index contributed by atoms with van der Waals surface area (Å²) in [6.07, 6.45) is 3.61. The number of rotatable bonds is 7. The number of thiophene rings is 1. The lowest BCUT2D eigenvalue weighted by Gasteiger charge is -2.17.